The van der Waals surface area contributed by atoms with E-state index in [0.29, 0.717) is 6.10 Å². The van der Waals surface area contributed by atoms with Crippen molar-refractivity contribution >= 4 is 11.0 Å². The third kappa shape index (κ3) is 4.22. The number of aromatic nitrogens is 4. The van der Waals surface area contributed by atoms with Gasteiger partial charge in [-0.25, -0.2) is 4.98 Å². The standard InChI is InChI=1S/C23H25N5O2/c1-28(14-20-3-2-10-29-20)15-23-26-21-9-8-19(11-22(21)27-23)30-18-6-4-16(5-7-18)17-12-24-25-13-17/h4-9,11-13,20H,2-3,10,14-15H2,1H3,(H,24,25)(H,26,27). The molecule has 7 heteroatoms. The second-order valence-electron chi connectivity index (χ2n) is 7.81. The molecule has 0 spiro atoms. The smallest absolute Gasteiger partial charge is 0.129 e. The van der Waals surface area contributed by atoms with Crippen LogP contribution in [0.25, 0.3) is 22.2 Å². The summed E-state index contributed by atoms with van der Waals surface area (Å²) in [5.41, 5.74) is 4.06. The fourth-order valence-electron chi connectivity index (χ4n) is 3.89. The Morgan fingerprint density at radius 3 is 2.77 bits per heavy atom. The van der Waals surface area contributed by atoms with E-state index in [1.54, 1.807) is 6.20 Å². The maximum Gasteiger partial charge on any atom is 0.129 e. The lowest BCUT2D eigenvalue weighted by molar-refractivity contribution is 0.0787. The highest BCUT2D eigenvalue weighted by Crippen LogP contribution is 2.27. The molecule has 1 fully saturated rings. The molecule has 1 aliphatic rings. The summed E-state index contributed by atoms with van der Waals surface area (Å²) in [5.74, 6) is 2.50. The van der Waals surface area contributed by atoms with E-state index in [-0.39, 0.29) is 0 Å². The summed E-state index contributed by atoms with van der Waals surface area (Å²) in [6.45, 7) is 2.58. The fourth-order valence-corrected chi connectivity index (χ4v) is 3.89. The monoisotopic (exact) mass is 403 g/mol. The molecule has 1 unspecified atom stereocenters. The highest BCUT2D eigenvalue weighted by Gasteiger charge is 2.18. The molecule has 2 aromatic carbocycles. The van der Waals surface area contributed by atoms with Gasteiger partial charge in [-0.2, -0.15) is 5.10 Å². The zero-order valence-electron chi connectivity index (χ0n) is 17.0. The zero-order chi connectivity index (χ0) is 20.3. The minimum atomic E-state index is 0.347. The molecular formula is C23H25N5O2. The Morgan fingerprint density at radius 1 is 1.13 bits per heavy atom. The molecule has 1 saturated heterocycles. The van der Waals surface area contributed by atoms with Gasteiger partial charge in [0.05, 0.1) is 29.9 Å². The lowest BCUT2D eigenvalue weighted by Crippen LogP contribution is -2.28. The lowest BCUT2D eigenvalue weighted by atomic mass is 10.1. The first kappa shape index (κ1) is 18.8. The van der Waals surface area contributed by atoms with E-state index >= 15 is 0 Å². The van der Waals surface area contributed by atoms with Crippen molar-refractivity contribution in [3.8, 4) is 22.6 Å². The van der Waals surface area contributed by atoms with Gasteiger partial charge in [0.15, 0.2) is 0 Å². The van der Waals surface area contributed by atoms with Crippen molar-refractivity contribution in [2.75, 3.05) is 20.2 Å². The van der Waals surface area contributed by atoms with Crippen LogP contribution in [-0.2, 0) is 11.3 Å². The number of nitrogens with one attached hydrogen (secondary N) is 2. The first-order valence-electron chi connectivity index (χ1n) is 10.3. The molecule has 5 rings (SSSR count). The Balaban J connectivity index is 1.25. The zero-order valence-corrected chi connectivity index (χ0v) is 17.0. The van der Waals surface area contributed by atoms with Crippen LogP contribution in [0, 0.1) is 0 Å². The highest BCUT2D eigenvalue weighted by molar-refractivity contribution is 5.77. The quantitative estimate of drug-likeness (QED) is 0.479. The summed E-state index contributed by atoms with van der Waals surface area (Å²) in [6, 6.07) is 13.9. The third-order valence-corrected chi connectivity index (χ3v) is 5.38. The fraction of sp³-hybridized carbons (Fsp3) is 0.304. The summed E-state index contributed by atoms with van der Waals surface area (Å²) in [6.07, 6.45) is 6.33. The van der Waals surface area contributed by atoms with Crippen LogP contribution in [0.2, 0.25) is 0 Å². The third-order valence-electron chi connectivity index (χ3n) is 5.38. The van der Waals surface area contributed by atoms with Gasteiger partial charge >= 0.3 is 0 Å². The van der Waals surface area contributed by atoms with Gasteiger partial charge in [-0.3, -0.25) is 10.00 Å². The van der Waals surface area contributed by atoms with Crippen molar-refractivity contribution in [1.82, 2.24) is 25.1 Å². The molecule has 4 aromatic rings. The average molecular weight is 403 g/mol. The average Bonchev–Trinajstić information content (AvgIpc) is 3.50. The molecule has 1 atom stereocenters. The largest absolute Gasteiger partial charge is 0.457 e. The Bertz CT molecular complexity index is 1100. The van der Waals surface area contributed by atoms with Crippen molar-refractivity contribution < 1.29 is 9.47 Å². The first-order valence-corrected chi connectivity index (χ1v) is 10.3. The molecule has 3 heterocycles. The van der Waals surface area contributed by atoms with Crippen molar-refractivity contribution in [3.05, 3.63) is 60.7 Å². The Hall–Kier alpha value is -3.16. The van der Waals surface area contributed by atoms with Crippen LogP contribution in [0.5, 0.6) is 11.5 Å². The summed E-state index contributed by atoms with van der Waals surface area (Å²) in [7, 11) is 2.11. The van der Waals surface area contributed by atoms with Gasteiger partial charge in [0.25, 0.3) is 0 Å². The number of hydrogen-bond acceptors (Lipinski definition) is 5. The SMILES string of the molecule is CN(Cc1nc2cc(Oc3ccc(-c4cn[nH]c4)cc3)ccc2[nH]1)CC1CCCO1. The van der Waals surface area contributed by atoms with Gasteiger partial charge in [-0.05, 0) is 49.7 Å². The number of nitrogens with zero attached hydrogens (tertiary/aromatic N) is 3. The van der Waals surface area contributed by atoms with Crippen LogP contribution in [0.3, 0.4) is 0 Å². The van der Waals surface area contributed by atoms with E-state index in [2.05, 4.69) is 27.1 Å². The molecule has 0 radical (unpaired) electrons. The Labute approximate surface area is 175 Å². The number of hydrogen-bond donors (Lipinski definition) is 2. The summed E-state index contributed by atoms with van der Waals surface area (Å²) >= 11 is 0. The van der Waals surface area contributed by atoms with Gasteiger partial charge in [0.2, 0.25) is 0 Å². The Morgan fingerprint density at radius 2 is 2.00 bits per heavy atom. The molecule has 0 amide bonds. The number of ether oxygens (including phenoxy) is 2. The molecule has 0 aliphatic carbocycles. The van der Waals surface area contributed by atoms with E-state index in [1.807, 2.05) is 48.7 Å². The van der Waals surface area contributed by atoms with Crippen molar-refractivity contribution in [1.29, 1.82) is 0 Å². The number of rotatable bonds is 7. The summed E-state index contributed by atoms with van der Waals surface area (Å²) < 4.78 is 11.8. The van der Waals surface area contributed by atoms with Crippen molar-refractivity contribution in [2.45, 2.75) is 25.5 Å². The maximum absolute atomic E-state index is 6.03. The molecule has 30 heavy (non-hydrogen) atoms. The van der Waals surface area contributed by atoms with E-state index in [0.717, 1.165) is 72.0 Å². The molecule has 2 aromatic heterocycles. The second kappa shape index (κ2) is 8.30. The normalized spacial score (nSPS) is 16.5. The van der Waals surface area contributed by atoms with Gasteiger partial charge in [0.1, 0.15) is 17.3 Å². The summed E-state index contributed by atoms with van der Waals surface area (Å²) in [5, 5.41) is 6.82. The van der Waals surface area contributed by atoms with Crippen LogP contribution in [0.15, 0.2) is 54.9 Å². The molecular weight excluding hydrogens is 378 g/mol. The van der Waals surface area contributed by atoms with E-state index < -0.39 is 0 Å². The topological polar surface area (TPSA) is 79.1 Å². The second-order valence-corrected chi connectivity index (χ2v) is 7.81. The molecule has 154 valence electrons. The van der Waals surface area contributed by atoms with Gasteiger partial charge in [0, 0.05) is 31.0 Å². The molecule has 0 bridgehead atoms. The number of imidazole rings is 1. The molecule has 1 aliphatic heterocycles. The van der Waals surface area contributed by atoms with Crippen LogP contribution in [-0.4, -0.2) is 51.4 Å². The van der Waals surface area contributed by atoms with E-state index in [4.69, 9.17) is 14.5 Å². The number of benzene rings is 2. The van der Waals surface area contributed by atoms with Gasteiger partial charge < -0.3 is 14.5 Å². The number of aromatic amines is 2. The Kier molecular flexibility index (Phi) is 5.21. The van der Waals surface area contributed by atoms with Gasteiger partial charge in [-0.15, -0.1) is 0 Å². The minimum Gasteiger partial charge on any atom is -0.457 e. The molecule has 0 saturated carbocycles. The van der Waals surface area contributed by atoms with Crippen LogP contribution < -0.4 is 4.74 Å². The number of H-pyrrole nitrogens is 2. The molecule has 2 N–H and O–H groups in total. The van der Waals surface area contributed by atoms with E-state index in [9.17, 15) is 0 Å². The minimum absolute atomic E-state index is 0.347. The summed E-state index contributed by atoms with van der Waals surface area (Å²) in [4.78, 5) is 10.4. The number of fused-ring (bicyclic) bond motifs is 1. The van der Waals surface area contributed by atoms with Crippen molar-refractivity contribution in [3.63, 3.8) is 0 Å². The van der Waals surface area contributed by atoms with E-state index in [1.165, 1.54) is 0 Å². The maximum atomic E-state index is 6.03. The molecule has 7 nitrogen and oxygen atoms in total. The first-order chi connectivity index (χ1) is 14.7. The predicted molar refractivity (Wildman–Crippen MR) is 115 cm³/mol. The van der Waals surface area contributed by atoms with Crippen LogP contribution in [0.4, 0.5) is 0 Å². The lowest BCUT2D eigenvalue weighted by Gasteiger charge is -2.19. The van der Waals surface area contributed by atoms with Gasteiger partial charge in [-0.1, -0.05) is 12.1 Å². The number of likely N-dealkylation sites (N-methyl/N-ethyl adjacent to an activating group) is 1. The predicted octanol–water partition coefficient (Wildman–Crippen LogP) is 4.36. The highest BCUT2D eigenvalue weighted by atomic mass is 16.5. The van der Waals surface area contributed by atoms with Crippen LogP contribution >= 0.6 is 0 Å². The van der Waals surface area contributed by atoms with Crippen LogP contribution in [0.1, 0.15) is 18.7 Å². The van der Waals surface area contributed by atoms with Crippen molar-refractivity contribution in [2.24, 2.45) is 0 Å².